The quantitative estimate of drug-likeness (QED) is 0.626. The Morgan fingerprint density at radius 3 is 1.83 bits per heavy atom. The molecule has 120 valence electrons. The van der Waals surface area contributed by atoms with Crippen molar-refractivity contribution in [3.8, 4) is 0 Å². The van der Waals surface area contributed by atoms with Gasteiger partial charge in [0.15, 0.2) is 5.78 Å². The molecule has 0 saturated carbocycles. The van der Waals surface area contributed by atoms with Gasteiger partial charge >= 0.3 is 0 Å². The molecule has 2 aromatic carbocycles. The predicted molar refractivity (Wildman–Crippen MR) is 99.8 cm³/mol. The fraction of sp³-hybridized carbons (Fsp3) is 0.300. The number of hydrogen-bond acceptors (Lipinski definition) is 2. The highest BCUT2D eigenvalue weighted by molar-refractivity contribution is 7.80. The van der Waals surface area contributed by atoms with Crippen molar-refractivity contribution < 1.29 is 4.79 Å². The lowest BCUT2D eigenvalue weighted by atomic mass is 9.86. The zero-order chi connectivity index (χ0) is 16.8. The van der Waals surface area contributed by atoms with Gasteiger partial charge in [-0.3, -0.25) is 4.79 Å². The second kappa shape index (κ2) is 8.02. The molecule has 3 heteroatoms. The minimum atomic E-state index is -0.154. The van der Waals surface area contributed by atoms with Crippen LogP contribution in [0.15, 0.2) is 60.7 Å². The van der Waals surface area contributed by atoms with Crippen LogP contribution in [0.5, 0.6) is 0 Å². The summed E-state index contributed by atoms with van der Waals surface area (Å²) in [6, 6.07) is 19.3. The standard InChI is InChI=1S/C20H23NOS/c1-14(2)18(21-20(23)17-12-8-5-9-13-17)15(3)19(22)16-10-6-4-7-11-16/h4-15,18H,1-3H3,(H,21,23). The molecule has 2 nitrogen and oxygen atoms in total. The SMILES string of the molecule is CC(C)C(NC(=S)c1ccccc1)C(C)C(=O)c1ccccc1. The van der Waals surface area contributed by atoms with E-state index in [1.54, 1.807) is 0 Å². The summed E-state index contributed by atoms with van der Waals surface area (Å²) in [7, 11) is 0. The minimum absolute atomic E-state index is 0.00425. The first-order chi connectivity index (χ1) is 11.0. The number of carbonyl (C=O) groups is 1. The van der Waals surface area contributed by atoms with E-state index in [1.807, 2.05) is 67.6 Å². The van der Waals surface area contributed by atoms with Gasteiger partial charge in [0.25, 0.3) is 0 Å². The Labute approximate surface area is 143 Å². The lowest BCUT2D eigenvalue weighted by Gasteiger charge is -2.29. The van der Waals surface area contributed by atoms with Crippen LogP contribution < -0.4 is 5.32 Å². The van der Waals surface area contributed by atoms with Gasteiger partial charge in [0, 0.05) is 23.1 Å². The summed E-state index contributed by atoms with van der Waals surface area (Å²) >= 11 is 5.52. The smallest absolute Gasteiger partial charge is 0.167 e. The molecule has 2 aromatic rings. The Hall–Kier alpha value is -2.00. The van der Waals surface area contributed by atoms with Crippen molar-refractivity contribution in [1.29, 1.82) is 0 Å². The van der Waals surface area contributed by atoms with Crippen molar-refractivity contribution in [3.63, 3.8) is 0 Å². The first-order valence-electron chi connectivity index (χ1n) is 7.96. The fourth-order valence-corrected chi connectivity index (χ4v) is 2.99. The summed E-state index contributed by atoms with van der Waals surface area (Å²) in [5.41, 5.74) is 1.73. The zero-order valence-corrected chi connectivity index (χ0v) is 14.6. The summed E-state index contributed by atoms with van der Waals surface area (Å²) in [5, 5.41) is 3.39. The van der Waals surface area contributed by atoms with Gasteiger partial charge in [-0.25, -0.2) is 0 Å². The normalized spacial score (nSPS) is 13.4. The van der Waals surface area contributed by atoms with E-state index in [9.17, 15) is 4.79 Å². The molecule has 0 spiro atoms. The molecule has 2 atom stereocenters. The third-order valence-corrected chi connectivity index (χ3v) is 4.42. The van der Waals surface area contributed by atoms with Gasteiger partial charge in [-0.15, -0.1) is 0 Å². The summed E-state index contributed by atoms with van der Waals surface area (Å²) < 4.78 is 0. The molecular formula is C20H23NOS. The third kappa shape index (κ3) is 4.49. The van der Waals surface area contributed by atoms with Gasteiger partial charge in [-0.05, 0) is 5.92 Å². The van der Waals surface area contributed by atoms with Gasteiger partial charge in [0.2, 0.25) is 0 Å². The highest BCUT2D eigenvalue weighted by Gasteiger charge is 2.28. The average Bonchev–Trinajstić information content (AvgIpc) is 2.59. The van der Waals surface area contributed by atoms with Crippen molar-refractivity contribution in [2.45, 2.75) is 26.8 Å². The van der Waals surface area contributed by atoms with E-state index < -0.39 is 0 Å². The van der Waals surface area contributed by atoms with Crippen LogP contribution in [0.2, 0.25) is 0 Å². The topological polar surface area (TPSA) is 29.1 Å². The van der Waals surface area contributed by atoms with E-state index in [4.69, 9.17) is 12.2 Å². The Kier molecular flexibility index (Phi) is 6.05. The molecule has 0 aromatic heterocycles. The van der Waals surface area contributed by atoms with Gasteiger partial charge in [-0.1, -0.05) is 93.7 Å². The second-order valence-electron chi connectivity index (χ2n) is 6.13. The molecular weight excluding hydrogens is 302 g/mol. The molecule has 2 rings (SSSR count). The van der Waals surface area contributed by atoms with Crippen molar-refractivity contribution in [1.82, 2.24) is 5.32 Å². The molecule has 23 heavy (non-hydrogen) atoms. The second-order valence-corrected chi connectivity index (χ2v) is 6.54. The summed E-state index contributed by atoms with van der Waals surface area (Å²) in [4.78, 5) is 13.4. The zero-order valence-electron chi connectivity index (χ0n) is 13.8. The lowest BCUT2D eigenvalue weighted by molar-refractivity contribution is 0.0893. The Bertz CT molecular complexity index is 652. The van der Waals surface area contributed by atoms with E-state index in [0.29, 0.717) is 10.9 Å². The van der Waals surface area contributed by atoms with Gasteiger partial charge < -0.3 is 5.32 Å². The van der Waals surface area contributed by atoms with E-state index in [2.05, 4.69) is 19.2 Å². The van der Waals surface area contributed by atoms with Crippen LogP contribution in [0.4, 0.5) is 0 Å². The fourth-order valence-electron chi connectivity index (χ4n) is 2.72. The van der Waals surface area contributed by atoms with Gasteiger partial charge in [0.1, 0.15) is 4.99 Å². The maximum Gasteiger partial charge on any atom is 0.167 e. The first kappa shape index (κ1) is 17.4. The van der Waals surface area contributed by atoms with Crippen LogP contribution in [-0.2, 0) is 0 Å². The molecule has 0 bridgehead atoms. The summed E-state index contributed by atoms with van der Waals surface area (Å²) in [6.45, 7) is 6.20. The van der Waals surface area contributed by atoms with E-state index in [0.717, 1.165) is 11.1 Å². The van der Waals surface area contributed by atoms with Crippen molar-refractivity contribution in [2.24, 2.45) is 11.8 Å². The first-order valence-corrected chi connectivity index (χ1v) is 8.36. The Morgan fingerprint density at radius 2 is 1.35 bits per heavy atom. The van der Waals surface area contributed by atoms with Crippen LogP contribution in [0.1, 0.15) is 36.7 Å². The third-order valence-electron chi connectivity index (χ3n) is 4.06. The predicted octanol–water partition coefficient (Wildman–Crippen LogP) is 4.50. The number of benzene rings is 2. The number of thiocarbonyl (C=S) groups is 1. The number of Topliss-reactive ketones (excluding diaryl/α,β-unsaturated/α-hetero) is 1. The molecule has 0 heterocycles. The Morgan fingerprint density at radius 1 is 0.870 bits per heavy atom. The van der Waals surface area contributed by atoms with Crippen molar-refractivity contribution in [3.05, 3.63) is 71.8 Å². The highest BCUT2D eigenvalue weighted by atomic mass is 32.1. The molecule has 0 fully saturated rings. The molecule has 1 N–H and O–H groups in total. The van der Waals surface area contributed by atoms with Crippen molar-refractivity contribution in [2.75, 3.05) is 0 Å². The van der Waals surface area contributed by atoms with Crippen LogP contribution in [0.3, 0.4) is 0 Å². The maximum atomic E-state index is 12.7. The molecule has 0 radical (unpaired) electrons. The van der Waals surface area contributed by atoms with Crippen LogP contribution in [0, 0.1) is 11.8 Å². The Balaban J connectivity index is 2.15. The van der Waals surface area contributed by atoms with E-state index in [1.165, 1.54) is 0 Å². The summed E-state index contributed by atoms with van der Waals surface area (Å²) in [5.74, 6) is 0.283. The van der Waals surface area contributed by atoms with E-state index in [-0.39, 0.29) is 17.7 Å². The van der Waals surface area contributed by atoms with Gasteiger partial charge in [0.05, 0.1) is 0 Å². The van der Waals surface area contributed by atoms with Crippen molar-refractivity contribution >= 4 is 23.0 Å². The number of ketones is 1. The molecule has 0 amide bonds. The maximum absolute atomic E-state index is 12.7. The number of hydrogen-bond donors (Lipinski definition) is 1. The van der Waals surface area contributed by atoms with Crippen LogP contribution >= 0.6 is 12.2 Å². The highest BCUT2D eigenvalue weighted by Crippen LogP contribution is 2.19. The molecule has 0 aliphatic rings. The number of rotatable bonds is 6. The number of carbonyl (C=O) groups excluding carboxylic acids is 1. The van der Waals surface area contributed by atoms with Crippen LogP contribution in [0.25, 0.3) is 0 Å². The molecule has 0 saturated heterocycles. The lowest BCUT2D eigenvalue weighted by Crippen LogP contribution is -2.45. The number of nitrogens with one attached hydrogen (secondary N) is 1. The van der Waals surface area contributed by atoms with Crippen LogP contribution in [-0.4, -0.2) is 16.8 Å². The van der Waals surface area contributed by atoms with E-state index >= 15 is 0 Å². The van der Waals surface area contributed by atoms with Gasteiger partial charge in [-0.2, -0.15) is 0 Å². The molecule has 2 unspecified atom stereocenters. The largest absolute Gasteiger partial charge is 0.372 e. The molecule has 0 aliphatic heterocycles. The summed E-state index contributed by atoms with van der Waals surface area (Å²) in [6.07, 6.45) is 0. The molecule has 0 aliphatic carbocycles. The average molecular weight is 325 g/mol. The monoisotopic (exact) mass is 325 g/mol. The minimum Gasteiger partial charge on any atom is -0.372 e.